The molecule has 0 N–H and O–H groups in total. The second-order valence-electron chi connectivity index (χ2n) is 6.46. The second kappa shape index (κ2) is 6.35. The number of rotatable bonds is 3. The monoisotopic (exact) mass is 364 g/mol. The van der Waals surface area contributed by atoms with E-state index in [0.717, 1.165) is 21.1 Å². The van der Waals surface area contributed by atoms with Gasteiger partial charge < -0.3 is 9.31 Å². The van der Waals surface area contributed by atoms with Gasteiger partial charge in [0.1, 0.15) is 0 Å². The predicted octanol–water partition coefficient (Wildman–Crippen LogP) is 4.81. The molecule has 0 unspecified atom stereocenters. The van der Waals surface area contributed by atoms with Crippen LogP contribution in [0.3, 0.4) is 0 Å². The molecular weight excluding hydrogens is 339 g/mol. The summed E-state index contributed by atoms with van der Waals surface area (Å²) in [4.78, 5) is 0. The Morgan fingerprint density at radius 1 is 1.00 bits per heavy atom. The van der Waals surface area contributed by atoms with Gasteiger partial charge in [0.15, 0.2) is 0 Å². The van der Waals surface area contributed by atoms with Crippen molar-refractivity contribution in [1.29, 1.82) is 0 Å². The van der Waals surface area contributed by atoms with Gasteiger partial charge in [-0.15, -0.1) is 0 Å². The maximum atomic E-state index is 7.82. The van der Waals surface area contributed by atoms with Crippen LogP contribution in [0.1, 0.15) is 55.4 Å². The Balaban J connectivity index is 2.56. The first-order valence-corrected chi connectivity index (χ1v) is 8.21. The van der Waals surface area contributed by atoms with Crippen molar-refractivity contribution < 1.29 is 12.1 Å². The van der Waals surface area contributed by atoms with Crippen molar-refractivity contribution in [3.8, 4) is 0 Å². The Hall–Kier alpha value is -0.835. The van der Waals surface area contributed by atoms with Crippen LogP contribution in [0.5, 0.6) is 0 Å². The summed E-state index contributed by atoms with van der Waals surface area (Å²) in [5, 5.41) is 0. The quantitative estimate of drug-likeness (QED) is 0.716. The van der Waals surface area contributed by atoms with Gasteiger partial charge in [0.05, 0.1) is 13.9 Å². The van der Waals surface area contributed by atoms with Crippen molar-refractivity contribution in [1.82, 2.24) is 0 Å². The lowest BCUT2D eigenvalue weighted by atomic mass is 9.75. The highest BCUT2D eigenvalue weighted by Gasteiger charge is 2.52. The van der Waals surface area contributed by atoms with Crippen molar-refractivity contribution >= 4 is 40.7 Å². The summed E-state index contributed by atoms with van der Waals surface area (Å²) in [6, 6.07) is 4.84. The van der Waals surface area contributed by atoms with E-state index >= 15 is 0 Å². The molecule has 0 amide bonds. The fourth-order valence-corrected chi connectivity index (χ4v) is 2.82. The predicted molar refractivity (Wildman–Crippen MR) is 99.3 cm³/mol. The minimum atomic E-state index is -0.493. The van der Waals surface area contributed by atoms with Gasteiger partial charge in [-0.3, -0.25) is 0 Å². The van der Waals surface area contributed by atoms with E-state index in [4.69, 9.17) is 12.1 Å². The Morgan fingerprint density at radius 2 is 1.50 bits per heavy atom. The van der Waals surface area contributed by atoms with Crippen LogP contribution in [0.25, 0.3) is 12.2 Å². The molecule has 118 valence electrons. The molecular formula is C18H24BBrO2. The highest BCUT2D eigenvalue weighted by Crippen LogP contribution is 2.37. The zero-order valence-corrected chi connectivity index (χ0v) is 15.7. The van der Waals surface area contributed by atoms with Crippen molar-refractivity contribution in [3.05, 3.63) is 39.8 Å². The maximum Gasteiger partial charge on any atom is 0.495 e. The van der Waals surface area contributed by atoms with E-state index in [1.165, 1.54) is 0 Å². The standard InChI is InChI=1S/C18H24BBrO2/c1-7-9-13-11-14(10-8-2)16(20)12-15(13)19-21-17(3,4)18(5,6)22-19/h7-12H,1-6H3/b9-7+,10-8+/i7D,8D. The minimum absolute atomic E-state index is 0.419. The average Bonchev–Trinajstić information content (AvgIpc) is 2.60. The molecule has 22 heavy (non-hydrogen) atoms. The first kappa shape index (κ1) is 14.7. The van der Waals surface area contributed by atoms with E-state index in [1.54, 1.807) is 26.0 Å². The van der Waals surface area contributed by atoms with Crippen LogP contribution in [0.2, 0.25) is 0 Å². The molecule has 1 aliphatic rings. The lowest BCUT2D eigenvalue weighted by Crippen LogP contribution is -2.41. The van der Waals surface area contributed by atoms with E-state index in [-0.39, 0.29) is 0 Å². The molecule has 2 rings (SSSR count). The number of hydrogen-bond acceptors (Lipinski definition) is 2. The van der Waals surface area contributed by atoms with Gasteiger partial charge in [0.25, 0.3) is 0 Å². The molecule has 0 saturated carbocycles. The number of benzene rings is 1. The van der Waals surface area contributed by atoms with Crippen LogP contribution in [-0.4, -0.2) is 18.3 Å². The third kappa shape index (κ3) is 3.24. The van der Waals surface area contributed by atoms with Crippen LogP contribution >= 0.6 is 15.9 Å². The Morgan fingerprint density at radius 3 is 2.00 bits per heavy atom. The zero-order chi connectivity index (χ0) is 18.3. The molecule has 0 atom stereocenters. The van der Waals surface area contributed by atoms with E-state index < -0.39 is 18.3 Å². The lowest BCUT2D eigenvalue weighted by molar-refractivity contribution is 0.00578. The van der Waals surface area contributed by atoms with Crippen molar-refractivity contribution in [3.63, 3.8) is 0 Å². The van der Waals surface area contributed by atoms with E-state index in [2.05, 4.69) is 15.9 Å². The summed E-state index contributed by atoms with van der Waals surface area (Å²) in [6.45, 7) is 11.6. The molecule has 1 aromatic carbocycles. The van der Waals surface area contributed by atoms with Crippen LogP contribution in [0.15, 0.2) is 28.7 Å². The normalized spacial score (nSPS) is 22.6. The summed E-state index contributed by atoms with van der Waals surface area (Å²) >= 11 is 3.57. The molecule has 4 heteroatoms. The molecule has 1 aromatic rings. The van der Waals surface area contributed by atoms with Gasteiger partial charge in [-0.1, -0.05) is 40.2 Å². The Kier molecular flexibility index (Phi) is 4.25. The van der Waals surface area contributed by atoms with Gasteiger partial charge in [0, 0.05) is 4.47 Å². The molecule has 1 aliphatic heterocycles. The molecule has 0 radical (unpaired) electrons. The van der Waals surface area contributed by atoms with Gasteiger partial charge in [-0.25, -0.2) is 0 Å². The third-order valence-electron chi connectivity index (χ3n) is 4.31. The summed E-state index contributed by atoms with van der Waals surface area (Å²) in [5.41, 5.74) is 1.81. The molecule has 1 fully saturated rings. The summed E-state index contributed by atoms with van der Waals surface area (Å²) < 4.78 is 28.7. The number of allylic oxidation sites excluding steroid dienone is 2. The fraction of sp³-hybridized carbons (Fsp3) is 0.444. The van der Waals surface area contributed by atoms with Crippen molar-refractivity contribution in [2.75, 3.05) is 0 Å². The number of halogens is 1. The zero-order valence-electron chi connectivity index (χ0n) is 16.1. The fourth-order valence-electron chi connectivity index (χ4n) is 2.34. The molecule has 0 bridgehead atoms. The summed E-state index contributed by atoms with van der Waals surface area (Å²) in [6.07, 6.45) is 3.58. The largest absolute Gasteiger partial charge is 0.495 e. The van der Waals surface area contributed by atoms with Crippen LogP contribution in [0.4, 0.5) is 0 Å². The first-order chi connectivity index (χ1) is 10.9. The SMILES string of the molecule is [2H]/C(C)=C\c1cc(/C=C(\[2H])C)c(B2OC(C)(C)C(C)(C)O2)cc1Br. The van der Waals surface area contributed by atoms with E-state index in [0.29, 0.717) is 12.1 Å². The topological polar surface area (TPSA) is 18.5 Å². The third-order valence-corrected chi connectivity index (χ3v) is 5.00. The van der Waals surface area contributed by atoms with Gasteiger partial charge >= 0.3 is 7.12 Å². The second-order valence-corrected chi connectivity index (χ2v) is 7.31. The van der Waals surface area contributed by atoms with Gasteiger partial charge in [-0.05, 0) is 70.3 Å². The van der Waals surface area contributed by atoms with E-state index in [1.807, 2.05) is 39.8 Å². The Bertz CT molecular complexity index is 687. The van der Waals surface area contributed by atoms with E-state index in [9.17, 15) is 0 Å². The smallest absolute Gasteiger partial charge is 0.399 e. The van der Waals surface area contributed by atoms with Gasteiger partial charge in [0.2, 0.25) is 0 Å². The molecule has 0 spiro atoms. The molecule has 1 heterocycles. The highest BCUT2D eigenvalue weighted by atomic mass is 79.9. The van der Waals surface area contributed by atoms with Crippen LogP contribution in [0, 0.1) is 0 Å². The van der Waals surface area contributed by atoms with Crippen LogP contribution in [-0.2, 0) is 9.31 Å². The molecule has 0 aliphatic carbocycles. The molecule has 0 aromatic heterocycles. The maximum absolute atomic E-state index is 7.82. The van der Waals surface area contributed by atoms with Crippen molar-refractivity contribution in [2.45, 2.75) is 52.7 Å². The lowest BCUT2D eigenvalue weighted by Gasteiger charge is -2.32. The Labute approximate surface area is 145 Å². The molecule has 2 nitrogen and oxygen atoms in total. The van der Waals surface area contributed by atoms with Gasteiger partial charge in [-0.2, -0.15) is 0 Å². The minimum Gasteiger partial charge on any atom is -0.399 e. The van der Waals surface area contributed by atoms with Crippen LogP contribution < -0.4 is 5.46 Å². The summed E-state index contributed by atoms with van der Waals surface area (Å²) in [5.74, 6) is 0. The average molecular weight is 365 g/mol. The number of hydrogen-bond donors (Lipinski definition) is 0. The molecule has 1 saturated heterocycles. The summed E-state index contributed by atoms with van der Waals surface area (Å²) in [7, 11) is -0.493. The van der Waals surface area contributed by atoms with Crippen molar-refractivity contribution in [2.24, 2.45) is 0 Å². The highest BCUT2D eigenvalue weighted by molar-refractivity contribution is 9.10. The first-order valence-electron chi connectivity index (χ1n) is 8.42.